The van der Waals surface area contributed by atoms with Crippen LogP contribution in [0.4, 0.5) is 10.5 Å². The first kappa shape index (κ1) is 13.9. The highest BCUT2D eigenvalue weighted by atomic mass is 32.1. The summed E-state index contributed by atoms with van der Waals surface area (Å²) in [5.41, 5.74) is -0.451. The van der Waals surface area contributed by atoms with Crippen LogP contribution in [-0.4, -0.2) is 22.6 Å². The minimum Gasteiger partial charge on any atom is -0.480 e. The summed E-state index contributed by atoms with van der Waals surface area (Å²) < 4.78 is 1.15. The van der Waals surface area contributed by atoms with Crippen LogP contribution in [0.3, 0.4) is 0 Å². The molecule has 6 heteroatoms. The molecule has 1 aromatic heterocycles. The van der Waals surface area contributed by atoms with Crippen LogP contribution in [0, 0.1) is 0 Å². The molecule has 21 heavy (non-hydrogen) atoms. The van der Waals surface area contributed by atoms with Gasteiger partial charge in [-0.3, -0.25) is 0 Å². The number of benzene rings is 1. The van der Waals surface area contributed by atoms with E-state index in [1.54, 1.807) is 11.3 Å². The van der Waals surface area contributed by atoms with Crippen LogP contribution in [0.1, 0.15) is 25.7 Å². The molecule has 0 spiro atoms. The summed E-state index contributed by atoms with van der Waals surface area (Å²) in [4.78, 5) is 23.5. The second-order valence-electron chi connectivity index (χ2n) is 5.35. The number of carboxylic acids is 1. The van der Waals surface area contributed by atoms with Crippen molar-refractivity contribution < 1.29 is 14.7 Å². The van der Waals surface area contributed by atoms with Crippen molar-refractivity contribution in [1.29, 1.82) is 0 Å². The average molecular weight is 304 g/mol. The molecule has 0 bridgehead atoms. The maximum atomic E-state index is 12.1. The number of carbonyl (C=O) groups excluding carboxylic acids is 1. The molecule has 0 unspecified atom stereocenters. The standard InChI is InChI=1S/C15H16N2O3S/c18-13(19)15(6-1-2-7-15)17-14(20)16-11-3-4-12-10(9-11)5-8-21-12/h3-5,8-9H,1-2,6-7H2,(H,18,19)(H2,16,17,20). The number of rotatable bonds is 3. The van der Waals surface area contributed by atoms with Gasteiger partial charge < -0.3 is 15.7 Å². The second kappa shape index (κ2) is 5.37. The molecule has 2 amide bonds. The van der Waals surface area contributed by atoms with E-state index in [0.29, 0.717) is 18.5 Å². The zero-order valence-electron chi connectivity index (χ0n) is 11.4. The molecule has 0 atom stereocenters. The van der Waals surface area contributed by atoms with Crippen molar-refractivity contribution in [2.45, 2.75) is 31.2 Å². The molecule has 5 nitrogen and oxygen atoms in total. The molecular weight excluding hydrogens is 288 g/mol. The number of thiophene rings is 1. The molecule has 2 aromatic rings. The third kappa shape index (κ3) is 2.71. The summed E-state index contributed by atoms with van der Waals surface area (Å²) in [6, 6.07) is 7.17. The van der Waals surface area contributed by atoms with Gasteiger partial charge >= 0.3 is 12.0 Å². The highest BCUT2D eigenvalue weighted by Crippen LogP contribution is 2.30. The first-order chi connectivity index (χ1) is 10.1. The smallest absolute Gasteiger partial charge is 0.329 e. The van der Waals surface area contributed by atoms with Gasteiger partial charge in [-0.25, -0.2) is 9.59 Å². The number of hydrogen-bond donors (Lipinski definition) is 3. The van der Waals surface area contributed by atoms with Gasteiger partial charge in [-0.2, -0.15) is 0 Å². The predicted molar refractivity (Wildman–Crippen MR) is 82.8 cm³/mol. The molecule has 3 N–H and O–H groups in total. The van der Waals surface area contributed by atoms with Crippen LogP contribution in [0.25, 0.3) is 10.1 Å². The Morgan fingerprint density at radius 2 is 1.95 bits per heavy atom. The van der Waals surface area contributed by atoms with Gasteiger partial charge in [0.15, 0.2) is 0 Å². The lowest BCUT2D eigenvalue weighted by atomic mass is 9.98. The van der Waals surface area contributed by atoms with Crippen LogP contribution in [0.2, 0.25) is 0 Å². The maximum absolute atomic E-state index is 12.1. The normalized spacial score (nSPS) is 16.8. The molecule has 1 aliphatic rings. The number of carboxylic acid groups (broad SMARTS) is 1. The van der Waals surface area contributed by atoms with Gasteiger partial charge in [-0.1, -0.05) is 12.8 Å². The average Bonchev–Trinajstić information content (AvgIpc) is 3.07. The van der Waals surface area contributed by atoms with Crippen LogP contribution in [0.5, 0.6) is 0 Å². The fourth-order valence-electron chi connectivity index (χ4n) is 2.79. The fraction of sp³-hybridized carbons (Fsp3) is 0.333. The lowest BCUT2D eigenvalue weighted by molar-refractivity contribution is -0.144. The number of hydrogen-bond acceptors (Lipinski definition) is 3. The van der Waals surface area contributed by atoms with E-state index in [1.165, 1.54) is 0 Å². The molecule has 1 aliphatic carbocycles. The minimum absolute atomic E-state index is 0.464. The quantitative estimate of drug-likeness (QED) is 0.813. The summed E-state index contributed by atoms with van der Waals surface area (Å²) in [6.07, 6.45) is 2.62. The molecule has 110 valence electrons. The Morgan fingerprint density at radius 1 is 1.19 bits per heavy atom. The largest absolute Gasteiger partial charge is 0.480 e. The van der Waals surface area contributed by atoms with Crippen molar-refractivity contribution in [1.82, 2.24) is 5.32 Å². The lowest BCUT2D eigenvalue weighted by Gasteiger charge is -2.25. The van der Waals surface area contributed by atoms with Gasteiger partial charge in [-0.15, -0.1) is 11.3 Å². The van der Waals surface area contributed by atoms with E-state index in [1.807, 2.05) is 29.6 Å². The fourth-order valence-corrected chi connectivity index (χ4v) is 3.57. The topological polar surface area (TPSA) is 78.4 Å². The number of fused-ring (bicyclic) bond motifs is 1. The van der Waals surface area contributed by atoms with E-state index >= 15 is 0 Å². The third-order valence-corrected chi connectivity index (χ3v) is 4.83. The number of aliphatic carboxylic acids is 1. The highest BCUT2D eigenvalue weighted by Gasteiger charge is 2.42. The summed E-state index contributed by atoms with van der Waals surface area (Å²) in [7, 11) is 0. The molecule has 1 aromatic carbocycles. The first-order valence-electron chi connectivity index (χ1n) is 6.89. The van der Waals surface area contributed by atoms with E-state index in [-0.39, 0.29) is 0 Å². The van der Waals surface area contributed by atoms with E-state index in [0.717, 1.165) is 22.9 Å². The second-order valence-corrected chi connectivity index (χ2v) is 6.29. The third-order valence-electron chi connectivity index (χ3n) is 3.93. The molecular formula is C15H16N2O3S. The first-order valence-corrected chi connectivity index (χ1v) is 7.77. The molecule has 3 rings (SSSR count). The van der Waals surface area contributed by atoms with Crippen molar-refractivity contribution in [3.8, 4) is 0 Å². The van der Waals surface area contributed by atoms with Crippen molar-refractivity contribution in [3.63, 3.8) is 0 Å². The van der Waals surface area contributed by atoms with Crippen LogP contribution in [-0.2, 0) is 4.79 Å². The van der Waals surface area contributed by atoms with E-state index in [2.05, 4.69) is 10.6 Å². The van der Waals surface area contributed by atoms with Gasteiger partial charge in [0.25, 0.3) is 0 Å². The Hall–Kier alpha value is -2.08. The predicted octanol–water partition coefficient (Wildman–Crippen LogP) is 3.42. The summed E-state index contributed by atoms with van der Waals surface area (Å²) in [6.45, 7) is 0. The van der Waals surface area contributed by atoms with Crippen LogP contribution in [0.15, 0.2) is 29.6 Å². The Bertz CT molecular complexity index is 689. The van der Waals surface area contributed by atoms with Crippen molar-refractivity contribution in [2.24, 2.45) is 0 Å². The molecule has 0 saturated heterocycles. The van der Waals surface area contributed by atoms with Gasteiger partial charge in [0.05, 0.1) is 0 Å². The Morgan fingerprint density at radius 3 is 2.67 bits per heavy atom. The SMILES string of the molecule is O=C(Nc1ccc2sccc2c1)NC1(C(=O)O)CCCC1. The molecule has 1 heterocycles. The summed E-state index contributed by atoms with van der Waals surface area (Å²) in [5.74, 6) is -0.955. The summed E-state index contributed by atoms with van der Waals surface area (Å²) >= 11 is 1.64. The van der Waals surface area contributed by atoms with E-state index in [9.17, 15) is 14.7 Å². The van der Waals surface area contributed by atoms with Crippen molar-refractivity contribution in [3.05, 3.63) is 29.6 Å². The zero-order chi connectivity index (χ0) is 14.9. The van der Waals surface area contributed by atoms with Crippen LogP contribution < -0.4 is 10.6 Å². The number of nitrogens with one attached hydrogen (secondary N) is 2. The Labute approximate surface area is 126 Å². The van der Waals surface area contributed by atoms with Crippen molar-refractivity contribution >= 4 is 39.1 Å². The Balaban J connectivity index is 1.72. The Kier molecular flexibility index (Phi) is 3.55. The van der Waals surface area contributed by atoms with Crippen LogP contribution >= 0.6 is 11.3 Å². The molecule has 0 aliphatic heterocycles. The van der Waals surface area contributed by atoms with Gasteiger partial charge in [-0.05, 0) is 47.9 Å². The van der Waals surface area contributed by atoms with E-state index < -0.39 is 17.5 Å². The highest BCUT2D eigenvalue weighted by molar-refractivity contribution is 7.17. The van der Waals surface area contributed by atoms with E-state index in [4.69, 9.17) is 0 Å². The monoisotopic (exact) mass is 304 g/mol. The lowest BCUT2D eigenvalue weighted by Crippen LogP contribution is -2.53. The number of urea groups is 1. The number of anilines is 1. The number of carbonyl (C=O) groups is 2. The summed E-state index contributed by atoms with van der Waals surface area (Å²) in [5, 5.41) is 17.8. The minimum atomic E-state index is -1.11. The van der Waals surface area contributed by atoms with Crippen molar-refractivity contribution in [2.75, 3.05) is 5.32 Å². The van der Waals surface area contributed by atoms with Gasteiger partial charge in [0.1, 0.15) is 5.54 Å². The molecule has 0 radical (unpaired) electrons. The number of amides is 2. The maximum Gasteiger partial charge on any atom is 0.329 e. The zero-order valence-corrected chi connectivity index (χ0v) is 12.2. The van der Waals surface area contributed by atoms with Gasteiger partial charge in [0.2, 0.25) is 0 Å². The molecule has 1 saturated carbocycles. The molecule has 1 fully saturated rings. The van der Waals surface area contributed by atoms with Gasteiger partial charge in [0, 0.05) is 10.4 Å².